The van der Waals surface area contributed by atoms with E-state index in [1.807, 2.05) is 17.0 Å². The van der Waals surface area contributed by atoms with Crippen molar-refractivity contribution in [1.82, 2.24) is 20.4 Å². The number of piperidine rings is 1. The second-order valence-corrected chi connectivity index (χ2v) is 9.13. The van der Waals surface area contributed by atoms with Gasteiger partial charge in [-0.15, -0.1) is 0 Å². The number of rotatable bonds is 5. The molecule has 0 spiro atoms. The molecule has 1 saturated carbocycles. The molecule has 3 amide bonds. The molecule has 0 aromatic heterocycles. The van der Waals surface area contributed by atoms with Gasteiger partial charge < -0.3 is 25.3 Å². The van der Waals surface area contributed by atoms with E-state index in [0.29, 0.717) is 31.5 Å². The molecule has 2 aliphatic heterocycles. The Balaban J connectivity index is 1.28. The summed E-state index contributed by atoms with van der Waals surface area (Å²) in [5.74, 6) is 0.373. The van der Waals surface area contributed by atoms with Gasteiger partial charge in [-0.1, -0.05) is 12.1 Å². The summed E-state index contributed by atoms with van der Waals surface area (Å²) in [7, 11) is 3.55. The van der Waals surface area contributed by atoms with Gasteiger partial charge in [-0.05, 0) is 42.9 Å². The molecule has 1 aromatic rings. The first-order valence-electron chi connectivity index (χ1n) is 11.2. The van der Waals surface area contributed by atoms with Crippen molar-refractivity contribution in [2.75, 3.05) is 45.2 Å². The predicted octanol–water partition coefficient (Wildman–Crippen LogP) is 1.18. The van der Waals surface area contributed by atoms with Gasteiger partial charge in [0.1, 0.15) is 6.04 Å². The monoisotopic (exact) mass is 424 g/mol. The van der Waals surface area contributed by atoms with Gasteiger partial charge in [-0.2, -0.15) is 5.26 Å². The first-order chi connectivity index (χ1) is 14.9. The first kappa shape index (κ1) is 21.4. The molecule has 8 nitrogen and oxygen atoms in total. The van der Waals surface area contributed by atoms with E-state index in [0.717, 1.165) is 43.6 Å². The summed E-state index contributed by atoms with van der Waals surface area (Å²) in [5, 5.41) is 15.9. The average molecular weight is 425 g/mol. The van der Waals surface area contributed by atoms with Crippen LogP contribution in [0.25, 0.3) is 0 Å². The van der Waals surface area contributed by atoms with E-state index in [-0.39, 0.29) is 18.0 Å². The SMILES string of the molecule is CN(C)C(=O)N1CCN(c2ccc(C[C@@H](C#N)NC(=O)[C@H]3N[C@H]4CC[C@H]3C4)cc2)CC1. The Labute approximate surface area is 184 Å². The van der Waals surface area contributed by atoms with Crippen molar-refractivity contribution in [3.8, 4) is 6.07 Å². The van der Waals surface area contributed by atoms with Crippen molar-refractivity contribution >= 4 is 17.6 Å². The van der Waals surface area contributed by atoms with Gasteiger partial charge in [-0.25, -0.2) is 4.79 Å². The summed E-state index contributed by atoms with van der Waals surface area (Å²) in [6.07, 6.45) is 3.83. The van der Waals surface area contributed by atoms with Gasteiger partial charge in [0.25, 0.3) is 0 Å². The zero-order valence-electron chi connectivity index (χ0n) is 18.4. The number of amides is 3. The van der Waals surface area contributed by atoms with Gasteiger partial charge in [0.15, 0.2) is 0 Å². The first-order valence-corrected chi connectivity index (χ1v) is 11.2. The van der Waals surface area contributed by atoms with E-state index in [1.165, 1.54) is 0 Å². The highest BCUT2D eigenvalue weighted by atomic mass is 16.2. The summed E-state index contributed by atoms with van der Waals surface area (Å²) in [5.41, 5.74) is 2.14. The molecule has 3 aliphatic rings. The second-order valence-electron chi connectivity index (χ2n) is 9.13. The van der Waals surface area contributed by atoms with Gasteiger partial charge in [-0.3, -0.25) is 4.79 Å². The lowest BCUT2D eigenvalue weighted by molar-refractivity contribution is -0.124. The van der Waals surface area contributed by atoms with Crippen LogP contribution >= 0.6 is 0 Å². The lowest BCUT2D eigenvalue weighted by Crippen LogP contribution is -2.51. The largest absolute Gasteiger partial charge is 0.368 e. The molecule has 2 N–H and O–H groups in total. The van der Waals surface area contributed by atoms with Gasteiger partial charge in [0.05, 0.1) is 12.1 Å². The Morgan fingerprint density at radius 2 is 1.90 bits per heavy atom. The third kappa shape index (κ3) is 4.77. The Morgan fingerprint density at radius 1 is 1.19 bits per heavy atom. The van der Waals surface area contributed by atoms with Crippen LogP contribution < -0.4 is 15.5 Å². The minimum Gasteiger partial charge on any atom is -0.368 e. The number of fused-ring (bicyclic) bond motifs is 2. The van der Waals surface area contributed by atoms with Gasteiger partial charge in [0, 0.05) is 58.4 Å². The lowest BCUT2D eigenvalue weighted by atomic mass is 9.98. The fraction of sp³-hybridized carbons (Fsp3) is 0.609. The molecule has 4 rings (SSSR count). The lowest BCUT2D eigenvalue weighted by Gasteiger charge is -2.37. The maximum atomic E-state index is 12.6. The van der Waals surface area contributed by atoms with E-state index in [1.54, 1.807) is 19.0 Å². The Hall–Kier alpha value is -2.79. The molecule has 4 atom stereocenters. The number of hydrogen-bond acceptors (Lipinski definition) is 5. The number of piperazine rings is 1. The topological polar surface area (TPSA) is 91.7 Å². The van der Waals surface area contributed by atoms with Crippen LogP contribution in [0.15, 0.2) is 24.3 Å². The second kappa shape index (κ2) is 9.15. The standard InChI is InChI=1S/C23H32N6O2/c1-27(2)23(31)29-11-9-28(10-12-29)20-7-3-16(4-8-20)13-19(15-24)26-22(30)21-17-5-6-18(14-17)25-21/h3-4,7-8,17-19,21,25H,5-6,9-14H2,1-2H3,(H,26,30)/t17-,18-,19-,21-/m0/s1. The Kier molecular flexibility index (Phi) is 6.33. The molecule has 8 heteroatoms. The van der Waals surface area contributed by atoms with Gasteiger partial charge >= 0.3 is 6.03 Å². The number of nitrogens with one attached hydrogen (secondary N) is 2. The van der Waals surface area contributed by atoms with Crippen molar-refractivity contribution in [3.63, 3.8) is 0 Å². The summed E-state index contributed by atoms with van der Waals surface area (Å²) in [6, 6.07) is 10.3. The smallest absolute Gasteiger partial charge is 0.319 e. The predicted molar refractivity (Wildman–Crippen MR) is 119 cm³/mol. The van der Waals surface area contributed by atoms with Crippen molar-refractivity contribution in [2.24, 2.45) is 5.92 Å². The van der Waals surface area contributed by atoms with Crippen molar-refractivity contribution < 1.29 is 9.59 Å². The number of benzene rings is 1. The number of carbonyl (C=O) groups is 2. The molecule has 3 fully saturated rings. The molecule has 2 heterocycles. The van der Waals surface area contributed by atoms with E-state index < -0.39 is 6.04 Å². The molecular weight excluding hydrogens is 392 g/mol. The van der Waals surface area contributed by atoms with Crippen LogP contribution in [0.2, 0.25) is 0 Å². The van der Waals surface area contributed by atoms with E-state index in [2.05, 4.69) is 33.7 Å². The zero-order chi connectivity index (χ0) is 22.0. The van der Waals surface area contributed by atoms with Crippen molar-refractivity contribution in [2.45, 2.75) is 43.8 Å². The van der Waals surface area contributed by atoms with Crippen molar-refractivity contribution in [3.05, 3.63) is 29.8 Å². The third-order valence-electron chi connectivity index (χ3n) is 6.79. The normalized spacial score (nSPS) is 25.8. The maximum Gasteiger partial charge on any atom is 0.319 e. The summed E-state index contributed by atoms with van der Waals surface area (Å²) < 4.78 is 0. The van der Waals surface area contributed by atoms with Crippen LogP contribution in [0.3, 0.4) is 0 Å². The third-order valence-corrected chi connectivity index (χ3v) is 6.79. The highest BCUT2D eigenvalue weighted by Gasteiger charge is 2.43. The molecule has 1 aromatic carbocycles. The fourth-order valence-corrected chi connectivity index (χ4v) is 5.06. The molecule has 0 radical (unpaired) electrons. The van der Waals surface area contributed by atoms with Crippen LogP contribution in [-0.2, 0) is 11.2 Å². The molecule has 0 unspecified atom stereocenters. The zero-order valence-corrected chi connectivity index (χ0v) is 18.4. The van der Waals surface area contributed by atoms with Crippen LogP contribution in [0, 0.1) is 17.2 Å². The highest BCUT2D eigenvalue weighted by molar-refractivity contribution is 5.83. The molecule has 2 bridgehead atoms. The number of nitriles is 1. The van der Waals surface area contributed by atoms with Crippen LogP contribution in [-0.4, -0.2) is 80.1 Å². The summed E-state index contributed by atoms with van der Waals surface area (Å²) in [6.45, 7) is 3.01. The highest BCUT2D eigenvalue weighted by Crippen LogP contribution is 2.35. The Morgan fingerprint density at radius 3 is 2.45 bits per heavy atom. The molecule has 2 saturated heterocycles. The Bertz CT molecular complexity index is 841. The number of urea groups is 1. The summed E-state index contributed by atoms with van der Waals surface area (Å²) >= 11 is 0. The minimum absolute atomic E-state index is 0.0412. The van der Waals surface area contributed by atoms with Crippen LogP contribution in [0.5, 0.6) is 0 Å². The maximum absolute atomic E-state index is 12.6. The quantitative estimate of drug-likeness (QED) is 0.741. The molecule has 166 valence electrons. The summed E-state index contributed by atoms with van der Waals surface area (Å²) in [4.78, 5) is 30.5. The average Bonchev–Trinajstić information content (AvgIpc) is 3.42. The molecule has 31 heavy (non-hydrogen) atoms. The van der Waals surface area contributed by atoms with E-state index in [9.17, 15) is 14.9 Å². The number of carbonyl (C=O) groups excluding carboxylic acids is 2. The number of hydrogen-bond donors (Lipinski definition) is 2. The molecule has 1 aliphatic carbocycles. The number of anilines is 1. The minimum atomic E-state index is -0.528. The van der Waals surface area contributed by atoms with E-state index >= 15 is 0 Å². The van der Waals surface area contributed by atoms with E-state index in [4.69, 9.17) is 0 Å². The van der Waals surface area contributed by atoms with Crippen LogP contribution in [0.4, 0.5) is 10.5 Å². The number of nitrogens with zero attached hydrogens (tertiary/aromatic N) is 4. The van der Waals surface area contributed by atoms with Gasteiger partial charge in [0.2, 0.25) is 5.91 Å². The molecular formula is C23H32N6O2. The van der Waals surface area contributed by atoms with Crippen molar-refractivity contribution in [1.29, 1.82) is 5.26 Å². The fourth-order valence-electron chi connectivity index (χ4n) is 5.06. The van der Waals surface area contributed by atoms with Crippen LogP contribution in [0.1, 0.15) is 24.8 Å².